The van der Waals surface area contributed by atoms with Gasteiger partial charge in [0.15, 0.2) is 0 Å². The van der Waals surface area contributed by atoms with Gasteiger partial charge in [0.2, 0.25) is 5.91 Å². The van der Waals surface area contributed by atoms with Gasteiger partial charge in [0.1, 0.15) is 11.3 Å². The highest BCUT2D eigenvalue weighted by Gasteiger charge is 2.15. The average Bonchev–Trinajstić information content (AvgIpc) is 2.39. The summed E-state index contributed by atoms with van der Waals surface area (Å²) >= 11 is 0. The highest BCUT2D eigenvalue weighted by Crippen LogP contribution is 2.24. The Morgan fingerprint density at radius 1 is 1.32 bits per heavy atom. The van der Waals surface area contributed by atoms with Crippen LogP contribution in [-0.4, -0.2) is 25.6 Å². The first-order valence-electron chi connectivity index (χ1n) is 6.15. The fourth-order valence-electron chi connectivity index (χ4n) is 1.45. The third kappa shape index (κ3) is 3.98. The lowest BCUT2D eigenvalue weighted by Gasteiger charge is -2.12. The summed E-state index contributed by atoms with van der Waals surface area (Å²) in [5.74, 6) is -0.297. The molecule has 1 aromatic carbocycles. The number of ether oxygens (including phenoxy) is 2. The van der Waals surface area contributed by atoms with E-state index in [4.69, 9.17) is 9.47 Å². The second-order valence-corrected chi connectivity index (χ2v) is 4.28. The number of amides is 1. The van der Waals surface area contributed by atoms with Crippen molar-refractivity contribution < 1.29 is 19.1 Å². The molecule has 0 spiro atoms. The van der Waals surface area contributed by atoms with Gasteiger partial charge in [-0.1, -0.05) is 13.8 Å². The summed E-state index contributed by atoms with van der Waals surface area (Å²) in [6.45, 7) is 5.87. The minimum atomic E-state index is -0.496. The molecule has 1 aromatic rings. The summed E-state index contributed by atoms with van der Waals surface area (Å²) in [4.78, 5) is 23.3. The Labute approximate surface area is 112 Å². The fraction of sp³-hybridized carbons (Fsp3) is 0.429. The second-order valence-electron chi connectivity index (χ2n) is 4.28. The molecule has 0 aliphatic carbocycles. The predicted octanol–water partition coefficient (Wildman–Crippen LogP) is 2.47. The van der Waals surface area contributed by atoms with E-state index in [0.29, 0.717) is 23.6 Å². The molecular weight excluding hydrogens is 246 g/mol. The van der Waals surface area contributed by atoms with Gasteiger partial charge in [-0.15, -0.1) is 0 Å². The Kier molecular flexibility index (Phi) is 5.36. The van der Waals surface area contributed by atoms with Crippen molar-refractivity contribution in [1.29, 1.82) is 0 Å². The lowest BCUT2D eigenvalue weighted by atomic mass is 10.1. The molecule has 0 bridgehead atoms. The van der Waals surface area contributed by atoms with Crippen molar-refractivity contribution in [3.8, 4) is 5.75 Å². The molecule has 0 radical (unpaired) electrons. The van der Waals surface area contributed by atoms with E-state index >= 15 is 0 Å². The number of methoxy groups -OCH3 is 1. The Hall–Kier alpha value is -2.04. The van der Waals surface area contributed by atoms with Gasteiger partial charge >= 0.3 is 5.97 Å². The molecule has 5 nitrogen and oxygen atoms in total. The molecule has 0 fully saturated rings. The molecule has 0 saturated heterocycles. The van der Waals surface area contributed by atoms with Crippen molar-refractivity contribution in [2.75, 3.05) is 19.0 Å². The van der Waals surface area contributed by atoms with Gasteiger partial charge in [-0.25, -0.2) is 4.79 Å². The normalized spacial score (nSPS) is 10.2. The minimum Gasteiger partial charge on any atom is -0.493 e. The molecular formula is C14H19NO4. The van der Waals surface area contributed by atoms with E-state index in [1.165, 1.54) is 7.11 Å². The minimum absolute atomic E-state index is 0.111. The van der Waals surface area contributed by atoms with Gasteiger partial charge < -0.3 is 14.8 Å². The maximum Gasteiger partial charge on any atom is 0.341 e. The van der Waals surface area contributed by atoms with Crippen molar-refractivity contribution in [2.45, 2.75) is 20.8 Å². The molecule has 0 saturated carbocycles. The van der Waals surface area contributed by atoms with Crippen molar-refractivity contribution in [2.24, 2.45) is 5.92 Å². The summed E-state index contributed by atoms with van der Waals surface area (Å²) in [7, 11) is 1.30. The number of carbonyl (C=O) groups is 2. The topological polar surface area (TPSA) is 64.6 Å². The van der Waals surface area contributed by atoms with Crippen LogP contribution in [0.25, 0.3) is 0 Å². The zero-order valence-corrected chi connectivity index (χ0v) is 11.6. The molecule has 1 amide bonds. The van der Waals surface area contributed by atoms with Crippen LogP contribution in [-0.2, 0) is 9.53 Å². The monoisotopic (exact) mass is 265 g/mol. The first-order chi connectivity index (χ1) is 8.99. The van der Waals surface area contributed by atoms with Crippen molar-refractivity contribution in [1.82, 2.24) is 0 Å². The Bertz CT molecular complexity index is 469. The number of anilines is 1. The molecule has 0 aliphatic heterocycles. The lowest BCUT2D eigenvalue weighted by Crippen LogP contribution is -2.18. The number of carbonyl (C=O) groups excluding carboxylic acids is 2. The lowest BCUT2D eigenvalue weighted by molar-refractivity contribution is -0.118. The molecule has 1 N–H and O–H groups in total. The van der Waals surface area contributed by atoms with Crippen LogP contribution in [0.1, 0.15) is 31.1 Å². The molecule has 1 rings (SSSR count). The molecule has 0 aliphatic rings. The quantitative estimate of drug-likeness (QED) is 0.831. The van der Waals surface area contributed by atoms with Crippen LogP contribution in [0.5, 0.6) is 5.75 Å². The predicted molar refractivity (Wildman–Crippen MR) is 72.4 cm³/mol. The zero-order chi connectivity index (χ0) is 14.4. The first kappa shape index (κ1) is 15.0. The Morgan fingerprint density at radius 3 is 2.53 bits per heavy atom. The molecule has 0 unspecified atom stereocenters. The number of nitrogens with one attached hydrogen (secondary N) is 1. The zero-order valence-electron chi connectivity index (χ0n) is 11.6. The molecule has 0 heterocycles. The van der Waals surface area contributed by atoms with E-state index in [0.717, 1.165) is 0 Å². The number of hydrogen-bond donors (Lipinski definition) is 1. The summed E-state index contributed by atoms with van der Waals surface area (Å²) in [6.07, 6.45) is 0. The molecule has 19 heavy (non-hydrogen) atoms. The molecule has 0 atom stereocenters. The van der Waals surface area contributed by atoms with Gasteiger partial charge in [-0.2, -0.15) is 0 Å². The van der Waals surface area contributed by atoms with Gasteiger partial charge in [0.25, 0.3) is 0 Å². The van der Waals surface area contributed by atoms with Crippen LogP contribution in [0.2, 0.25) is 0 Å². The SMILES string of the molecule is CCOc1ccc(NC(=O)C(C)C)cc1C(=O)OC. The summed E-state index contributed by atoms with van der Waals surface area (Å²) in [5.41, 5.74) is 0.841. The molecule has 5 heteroatoms. The van der Waals surface area contributed by atoms with Gasteiger partial charge in [-0.05, 0) is 25.1 Å². The van der Waals surface area contributed by atoms with Gasteiger partial charge in [-0.3, -0.25) is 4.79 Å². The number of benzene rings is 1. The maximum atomic E-state index is 11.7. The van der Waals surface area contributed by atoms with Crippen molar-refractivity contribution in [3.05, 3.63) is 23.8 Å². The summed E-state index contributed by atoms with van der Waals surface area (Å²) in [6, 6.07) is 4.89. The van der Waals surface area contributed by atoms with Gasteiger partial charge in [0, 0.05) is 11.6 Å². The van der Waals surface area contributed by atoms with E-state index in [1.54, 1.807) is 32.0 Å². The Balaban J connectivity index is 3.04. The first-order valence-corrected chi connectivity index (χ1v) is 6.15. The third-order valence-corrected chi connectivity index (χ3v) is 2.48. The number of rotatable bonds is 5. The highest BCUT2D eigenvalue weighted by molar-refractivity contribution is 5.97. The van der Waals surface area contributed by atoms with Crippen molar-refractivity contribution >= 4 is 17.6 Å². The average molecular weight is 265 g/mol. The summed E-state index contributed by atoms with van der Waals surface area (Å²) in [5, 5.41) is 2.73. The maximum absolute atomic E-state index is 11.7. The molecule has 104 valence electrons. The number of hydrogen-bond acceptors (Lipinski definition) is 4. The third-order valence-electron chi connectivity index (χ3n) is 2.48. The van der Waals surface area contributed by atoms with Crippen LogP contribution >= 0.6 is 0 Å². The number of esters is 1. The largest absolute Gasteiger partial charge is 0.493 e. The Morgan fingerprint density at radius 2 is 2.00 bits per heavy atom. The van der Waals surface area contributed by atoms with E-state index in [2.05, 4.69) is 5.32 Å². The smallest absolute Gasteiger partial charge is 0.341 e. The fourth-order valence-corrected chi connectivity index (χ4v) is 1.45. The van der Waals surface area contributed by atoms with Crippen LogP contribution in [0, 0.1) is 5.92 Å². The van der Waals surface area contributed by atoms with Gasteiger partial charge in [0.05, 0.1) is 13.7 Å². The van der Waals surface area contributed by atoms with Crippen molar-refractivity contribution in [3.63, 3.8) is 0 Å². The van der Waals surface area contributed by atoms with Crippen LogP contribution < -0.4 is 10.1 Å². The van der Waals surface area contributed by atoms with E-state index in [-0.39, 0.29) is 11.8 Å². The summed E-state index contributed by atoms with van der Waals surface area (Å²) < 4.78 is 10.1. The van der Waals surface area contributed by atoms with Crippen LogP contribution in [0.4, 0.5) is 5.69 Å². The molecule has 0 aromatic heterocycles. The van der Waals surface area contributed by atoms with E-state index < -0.39 is 5.97 Å². The van der Waals surface area contributed by atoms with Crippen LogP contribution in [0.15, 0.2) is 18.2 Å². The standard InChI is InChI=1S/C14H19NO4/c1-5-19-12-7-6-10(15-13(16)9(2)3)8-11(12)14(17)18-4/h6-9H,5H2,1-4H3,(H,15,16). The van der Waals surface area contributed by atoms with Crippen LogP contribution in [0.3, 0.4) is 0 Å². The highest BCUT2D eigenvalue weighted by atomic mass is 16.5. The van der Waals surface area contributed by atoms with E-state index in [1.807, 2.05) is 6.92 Å². The second kappa shape index (κ2) is 6.78. The van der Waals surface area contributed by atoms with E-state index in [9.17, 15) is 9.59 Å².